The molecule has 4 nitrogen and oxygen atoms in total. The number of anilines is 1. The summed E-state index contributed by atoms with van der Waals surface area (Å²) in [6.07, 6.45) is 0. The lowest BCUT2D eigenvalue weighted by Crippen LogP contribution is -2.61. The minimum atomic E-state index is -0.724. The number of aliphatic hydroxyl groups is 1. The summed E-state index contributed by atoms with van der Waals surface area (Å²) in [7, 11) is 0. The second kappa shape index (κ2) is 3.49. The van der Waals surface area contributed by atoms with Crippen LogP contribution in [0, 0.1) is 6.92 Å². The van der Waals surface area contributed by atoms with E-state index in [1.807, 2.05) is 6.92 Å². The minimum Gasteiger partial charge on any atom is -0.399 e. The van der Waals surface area contributed by atoms with E-state index in [-0.39, 0.29) is 5.91 Å². The van der Waals surface area contributed by atoms with Gasteiger partial charge in [0.05, 0.1) is 18.7 Å². The van der Waals surface area contributed by atoms with Crippen LogP contribution < -0.4 is 5.73 Å². The second-order valence-corrected chi connectivity index (χ2v) is 4.73. The van der Waals surface area contributed by atoms with Crippen LogP contribution in [0.2, 0.25) is 0 Å². The Hall–Kier alpha value is -1.55. The maximum Gasteiger partial charge on any atom is 0.254 e. The molecular formula is C12H16N2O2. The Kier molecular flexibility index (Phi) is 2.39. The molecule has 16 heavy (non-hydrogen) atoms. The third-order valence-corrected chi connectivity index (χ3v) is 2.87. The van der Waals surface area contributed by atoms with Gasteiger partial charge in [-0.3, -0.25) is 4.79 Å². The summed E-state index contributed by atoms with van der Waals surface area (Å²) in [6, 6.07) is 5.24. The van der Waals surface area contributed by atoms with Crippen LogP contribution in [0.4, 0.5) is 5.69 Å². The number of rotatable bonds is 1. The van der Waals surface area contributed by atoms with Crippen molar-refractivity contribution in [3.05, 3.63) is 29.3 Å². The van der Waals surface area contributed by atoms with Crippen LogP contribution in [0.1, 0.15) is 22.8 Å². The first-order valence-electron chi connectivity index (χ1n) is 5.27. The number of aryl methyl sites for hydroxylation is 1. The number of carbonyl (C=O) groups excluding carboxylic acids is 1. The predicted octanol–water partition coefficient (Wildman–Crippen LogP) is 0.784. The monoisotopic (exact) mass is 220 g/mol. The van der Waals surface area contributed by atoms with Gasteiger partial charge in [0.1, 0.15) is 0 Å². The smallest absolute Gasteiger partial charge is 0.254 e. The maximum atomic E-state index is 12.0. The predicted molar refractivity (Wildman–Crippen MR) is 62.1 cm³/mol. The van der Waals surface area contributed by atoms with Crippen molar-refractivity contribution in [2.75, 3.05) is 18.8 Å². The fraction of sp³-hybridized carbons (Fsp3) is 0.417. The molecule has 0 saturated carbocycles. The van der Waals surface area contributed by atoms with Gasteiger partial charge in [0, 0.05) is 11.3 Å². The number of β-amino-alcohol motifs (C(OH)–C–C–N with tert-alkyl or cyclic N) is 1. The van der Waals surface area contributed by atoms with Gasteiger partial charge < -0.3 is 15.7 Å². The Morgan fingerprint density at radius 3 is 2.62 bits per heavy atom. The van der Waals surface area contributed by atoms with Crippen LogP contribution in [0.25, 0.3) is 0 Å². The van der Waals surface area contributed by atoms with E-state index in [9.17, 15) is 9.90 Å². The lowest BCUT2D eigenvalue weighted by molar-refractivity contribution is -0.0668. The molecule has 0 unspecified atom stereocenters. The first kappa shape index (κ1) is 11.0. The molecule has 0 aliphatic carbocycles. The summed E-state index contributed by atoms with van der Waals surface area (Å²) < 4.78 is 0. The molecule has 1 saturated heterocycles. The van der Waals surface area contributed by atoms with Crippen molar-refractivity contribution in [2.45, 2.75) is 19.4 Å². The highest BCUT2D eigenvalue weighted by molar-refractivity contribution is 5.95. The zero-order valence-electron chi connectivity index (χ0n) is 9.53. The summed E-state index contributed by atoms with van der Waals surface area (Å²) in [4.78, 5) is 13.6. The van der Waals surface area contributed by atoms with Crippen molar-refractivity contribution in [3.8, 4) is 0 Å². The zero-order chi connectivity index (χ0) is 11.9. The first-order chi connectivity index (χ1) is 7.39. The highest BCUT2D eigenvalue weighted by atomic mass is 16.3. The summed E-state index contributed by atoms with van der Waals surface area (Å²) >= 11 is 0. The number of hydrogen-bond acceptors (Lipinski definition) is 3. The number of hydrogen-bond donors (Lipinski definition) is 2. The molecule has 1 aliphatic heterocycles. The third kappa shape index (κ3) is 1.88. The molecular weight excluding hydrogens is 204 g/mol. The van der Waals surface area contributed by atoms with E-state index >= 15 is 0 Å². The van der Waals surface area contributed by atoms with E-state index in [0.717, 1.165) is 5.56 Å². The average Bonchev–Trinajstić information content (AvgIpc) is 2.17. The molecule has 2 rings (SSSR count). The Morgan fingerprint density at radius 2 is 2.12 bits per heavy atom. The highest BCUT2D eigenvalue weighted by Gasteiger charge is 2.39. The number of nitrogens with two attached hydrogens (primary N) is 1. The molecule has 4 heteroatoms. The third-order valence-electron chi connectivity index (χ3n) is 2.87. The lowest BCUT2D eigenvalue weighted by atomic mass is 9.95. The fourth-order valence-electron chi connectivity index (χ4n) is 1.91. The number of nitrogens with zero attached hydrogens (tertiary/aromatic N) is 1. The summed E-state index contributed by atoms with van der Waals surface area (Å²) in [5.41, 5.74) is 7.18. The normalized spacial score (nSPS) is 18.1. The van der Waals surface area contributed by atoms with Gasteiger partial charge in [0.25, 0.3) is 5.91 Å². The molecule has 1 aromatic carbocycles. The molecule has 0 bridgehead atoms. The van der Waals surface area contributed by atoms with Crippen molar-refractivity contribution in [3.63, 3.8) is 0 Å². The molecule has 0 aromatic heterocycles. The van der Waals surface area contributed by atoms with Crippen LogP contribution in [0.15, 0.2) is 18.2 Å². The summed E-state index contributed by atoms with van der Waals surface area (Å²) in [5.74, 6) is -0.0466. The number of carbonyl (C=O) groups is 1. The van der Waals surface area contributed by atoms with E-state index < -0.39 is 5.60 Å². The largest absolute Gasteiger partial charge is 0.399 e. The van der Waals surface area contributed by atoms with Gasteiger partial charge in [-0.05, 0) is 37.6 Å². The van der Waals surface area contributed by atoms with Crippen LogP contribution >= 0.6 is 0 Å². The van der Waals surface area contributed by atoms with Gasteiger partial charge in [0.2, 0.25) is 0 Å². The number of nitrogen functional groups attached to an aromatic ring is 1. The van der Waals surface area contributed by atoms with Crippen molar-refractivity contribution in [1.82, 2.24) is 4.90 Å². The van der Waals surface area contributed by atoms with E-state index in [4.69, 9.17) is 5.73 Å². The zero-order valence-corrected chi connectivity index (χ0v) is 9.53. The van der Waals surface area contributed by atoms with Crippen LogP contribution in [0.5, 0.6) is 0 Å². The minimum absolute atomic E-state index is 0.0466. The quantitative estimate of drug-likeness (QED) is 0.687. The summed E-state index contributed by atoms with van der Waals surface area (Å²) in [5, 5.41) is 9.56. The van der Waals surface area contributed by atoms with Crippen molar-refractivity contribution in [1.29, 1.82) is 0 Å². The maximum absolute atomic E-state index is 12.0. The number of amides is 1. The Bertz CT molecular complexity index is 433. The van der Waals surface area contributed by atoms with E-state index in [2.05, 4.69) is 0 Å². The van der Waals surface area contributed by atoms with Gasteiger partial charge in [-0.15, -0.1) is 0 Å². The van der Waals surface area contributed by atoms with Gasteiger partial charge in [0.15, 0.2) is 0 Å². The molecule has 3 N–H and O–H groups in total. The van der Waals surface area contributed by atoms with Crippen LogP contribution in [-0.4, -0.2) is 34.6 Å². The molecule has 1 fully saturated rings. The topological polar surface area (TPSA) is 66.6 Å². The Morgan fingerprint density at radius 1 is 1.50 bits per heavy atom. The molecule has 0 spiro atoms. The SMILES string of the molecule is Cc1cc(C(=O)N2CC(C)(O)C2)ccc1N. The first-order valence-corrected chi connectivity index (χ1v) is 5.27. The molecule has 86 valence electrons. The second-order valence-electron chi connectivity index (χ2n) is 4.73. The Balaban J connectivity index is 2.13. The molecule has 0 atom stereocenters. The van der Waals surface area contributed by atoms with Crippen molar-refractivity contribution in [2.24, 2.45) is 0 Å². The van der Waals surface area contributed by atoms with Crippen molar-refractivity contribution >= 4 is 11.6 Å². The molecule has 1 heterocycles. The van der Waals surface area contributed by atoms with Gasteiger partial charge >= 0.3 is 0 Å². The van der Waals surface area contributed by atoms with E-state index in [1.165, 1.54) is 0 Å². The molecule has 0 radical (unpaired) electrons. The highest BCUT2D eigenvalue weighted by Crippen LogP contribution is 2.23. The van der Waals surface area contributed by atoms with E-state index in [0.29, 0.717) is 24.3 Å². The van der Waals surface area contributed by atoms with Gasteiger partial charge in [-0.2, -0.15) is 0 Å². The molecule has 1 aliphatic rings. The molecule has 1 aromatic rings. The average molecular weight is 220 g/mol. The van der Waals surface area contributed by atoms with Gasteiger partial charge in [-0.25, -0.2) is 0 Å². The van der Waals surface area contributed by atoms with Crippen LogP contribution in [-0.2, 0) is 0 Å². The Labute approximate surface area is 94.7 Å². The number of benzene rings is 1. The van der Waals surface area contributed by atoms with Gasteiger partial charge in [-0.1, -0.05) is 0 Å². The fourth-order valence-corrected chi connectivity index (χ4v) is 1.91. The number of likely N-dealkylation sites (tertiary alicyclic amines) is 1. The molecule has 1 amide bonds. The standard InChI is InChI=1S/C12H16N2O2/c1-8-5-9(3-4-10(8)13)11(15)14-6-12(2,16)7-14/h3-5,16H,6-7,13H2,1-2H3. The van der Waals surface area contributed by atoms with Crippen LogP contribution in [0.3, 0.4) is 0 Å². The summed E-state index contributed by atoms with van der Waals surface area (Å²) in [6.45, 7) is 4.40. The van der Waals surface area contributed by atoms with E-state index in [1.54, 1.807) is 30.0 Å². The van der Waals surface area contributed by atoms with Crippen molar-refractivity contribution < 1.29 is 9.90 Å². The lowest BCUT2D eigenvalue weighted by Gasteiger charge is -2.44.